The summed E-state index contributed by atoms with van der Waals surface area (Å²) in [5.74, 6) is -2.05. The van der Waals surface area contributed by atoms with Crippen molar-refractivity contribution in [1.29, 1.82) is 0 Å². The molecule has 0 bridgehead atoms. The topological polar surface area (TPSA) is 55.4 Å². The maximum absolute atomic E-state index is 12.8. The van der Waals surface area contributed by atoms with Gasteiger partial charge < -0.3 is 10.1 Å². The minimum atomic E-state index is -4.60. The van der Waals surface area contributed by atoms with Crippen LogP contribution in [0.2, 0.25) is 5.02 Å². The lowest BCUT2D eigenvalue weighted by atomic mass is 10.1. The monoisotopic (exact) mass is 403 g/mol. The molecular formula is C18H14ClF4NO3. The molecule has 2 aromatic carbocycles. The Hall–Kier alpha value is -2.61. The van der Waals surface area contributed by atoms with Gasteiger partial charge in [-0.15, -0.1) is 0 Å². The predicted octanol–water partition coefficient (Wildman–Crippen LogP) is 4.61. The number of alkyl halides is 3. The van der Waals surface area contributed by atoms with Gasteiger partial charge in [0.1, 0.15) is 5.82 Å². The van der Waals surface area contributed by atoms with Crippen LogP contribution in [0.5, 0.6) is 0 Å². The molecule has 0 unspecified atom stereocenters. The van der Waals surface area contributed by atoms with Gasteiger partial charge in [0.15, 0.2) is 6.10 Å². The zero-order chi connectivity index (χ0) is 20.2. The Labute approximate surface area is 157 Å². The highest BCUT2D eigenvalue weighted by Crippen LogP contribution is 2.33. The van der Waals surface area contributed by atoms with E-state index in [1.807, 2.05) is 0 Å². The molecule has 0 saturated heterocycles. The molecule has 144 valence electrons. The van der Waals surface area contributed by atoms with Crippen LogP contribution in [-0.2, 0) is 26.9 Å². The molecule has 0 heterocycles. The summed E-state index contributed by atoms with van der Waals surface area (Å²) in [7, 11) is 0. The number of esters is 1. The summed E-state index contributed by atoms with van der Waals surface area (Å²) in [6, 6.07) is 7.61. The molecule has 0 spiro atoms. The fourth-order valence-corrected chi connectivity index (χ4v) is 2.26. The smallest absolute Gasteiger partial charge is 0.416 e. The fraction of sp³-hybridized carbons (Fsp3) is 0.222. The Kier molecular flexibility index (Phi) is 6.43. The Morgan fingerprint density at radius 3 is 2.37 bits per heavy atom. The van der Waals surface area contributed by atoms with E-state index >= 15 is 0 Å². The van der Waals surface area contributed by atoms with Crippen molar-refractivity contribution in [3.63, 3.8) is 0 Å². The summed E-state index contributed by atoms with van der Waals surface area (Å²) in [5.41, 5.74) is -0.754. The second kappa shape index (κ2) is 8.39. The average molecular weight is 404 g/mol. The molecule has 0 fully saturated rings. The lowest BCUT2D eigenvalue weighted by Gasteiger charge is -2.15. The number of halogens is 5. The maximum atomic E-state index is 12.8. The van der Waals surface area contributed by atoms with Gasteiger partial charge in [-0.05, 0) is 42.8 Å². The van der Waals surface area contributed by atoms with Crippen LogP contribution in [0, 0.1) is 5.82 Å². The quantitative estimate of drug-likeness (QED) is 0.586. The van der Waals surface area contributed by atoms with Gasteiger partial charge in [0.05, 0.1) is 22.7 Å². The summed E-state index contributed by atoms with van der Waals surface area (Å²) in [4.78, 5) is 23.9. The number of ether oxygens (including phenoxy) is 1. The van der Waals surface area contributed by atoms with Gasteiger partial charge in [0, 0.05) is 0 Å². The number of nitrogens with one attached hydrogen (secondary N) is 1. The number of hydrogen-bond donors (Lipinski definition) is 1. The zero-order valence-corrected chi connectivity index (χ0v) is 14.7. The Bertz CT molecular complexity index is 837. The molecule has 9 heteroatoms. The first kappa shape index (κ1) is 20.7. The average Bonchev–Trinajstić information content (AvgIpc) is 2.57. The first-order valence-corrected chi connectivity index (χ1v) is 8.05. The van der Waals surface area contributed by atoms with Crippen molar-refractivity contribution in [2.24, 2.45) is 0 Å². The molecule has 1 atom stereocenters. The molecule has 0 radical (unpaired) electrons. The summed E-state index contributed by atoms with van der Waals surface area (Å²) in [6.45, 7) is 1.26. The number of hydrogen-bond acceptors (Lipinski definition) is 3. The van der Waals surface area contributed by atoms with Gasteiger partial charge in [-0.1, -0.05) is 23.7 Å². The molecule has 0 saturated carbocycles. The van der Waals surface area contributed by atoms with Crippen molar-refractivity contribution < 1.29 is 31.9 Å². The molecule has 1 N–H and O–H groups in total. The number of carbonyl (C=O) groups is 2. The molecule has 4 nitrogen and oxygen atoms in total. The number of benzene rings is 2. The van der Waals surface area contributed by atoms with Gasteiger partial charge >= 0.3 is 12.1 Å². The molecule has 1 amide bonds. The van der Waals surface area contributed by atoms with Crippen molar-refractivity contribution >= 4 is 29.2 Å². The highest BCUT2D eigenvalue weighted by Gasteiger charge is 2.31. The van der Waals surface area contributed by atoms with Crippen LogP contribution in [0.15, 0.2) is 42.5 Å². The number of amides is 1. The van der Waals surface area contributed by atoms with E-state index in [1.165, 1.54) is 31.2 Å². The minimum Gasteiger partial charge on any atom is -0.452 e. The number of carbonyl (C=O) groups excluding carboxylic acids is 2. The third-order valence-electron chi connectivity index (χ3n) is 3.49. The molecule has 2 rings (SSSR count). The Balaban J connectivity index is 1.99. The van der Waals surface area contributed by atoms with Crippen molar-refractivity contribution in [1.82, 2.24) is 0 Å². The van der Waals surface area contributed by atoms with Crippen LogP contribution in [0.3, 0.4) is 0 Å². The van der Waals surface area contributed by atoms with Gasteiger partial charge in [-0.25, -0.2) is 4.39 Å². The summed E-state index contributed by atoms with van der Waals surface area (Å²) in [6.07, 6.45) is -6.07. The summed E-state index contributed by atoms with van der Waals surface area (Å²) in [5, 5.41) is 2.11. The van der Waals surface area contributed by atoms with Crippen LogP contribution < -0.4 is 5.32 Å². The predicted molar refractivity (Wildman–Crippen MR) is 90.7 cm³/mol. The van der Waals surface area contributed by atoms with Gasteiger partial charge in [-0.2, -0.15) is 13.2 Å². The second-order valence-electron chi connectivity index (χ2n) is 5.62. The van der Waals surface area contributed by atoms with E-state index in [9.17, 15) is 27.2 Å². The second-order valence-corrected chi connectivity index (χ2v) is 6.02. The van der Waals surface area contributed by atoms with Gasteiger partial charge in [0.2, 0.25) is 0 Å². The van der Waals surface area contributed by atoms with Crippen LogP contribution in [0.1, 0.15) is 18.1 Å². The van der Waals surface area contributed by atoms with E-state index < -0.39 is 35.5 Å². The zero-order valence-electron chi connectivity index (χ0n) is 13.9. The van der Waals surface area contributed by atoms with Crippen LogP contribution in [0.25, 0.3) is 0 Å². The highest BCUT2D eigenvalue weighted by atomic mass is 35.5. The standard InChI is InChI=1S/C18H14ClF4NO3/c1-10(27-16(25)8-11-2-5-13(20)6-3-11)17(26)24-15-9-12(18(21,22)23)4-7-14(15)19/h2-7,9-10H,8H2,1H3,(H,24,26)/t10-/m1/s1. The lowest BCUT2D eigenvalue weighted by molar-refractivity contribution is -0.152. The fourth-order valence-electron chi connectivity index (χ4n) is 2.09. The van der Waals surface area contributed by atoms with E-state index in [2.05, 4.69) is 5.32 Å². The van der Waals surface area contributed by atoms with Gasteiger partial charge in [-0.3, -0.25) is 9.59 Å². The first-order chi connectivity index (χ1) is 12.6. The van der Waals surface area contributed by atoms with E-state index in [-0.39, 0.29) is 17.1 Å². The Morgan fingerprint density at radius 1 is 1.15 bits per heavy atom. The molecule has 2 aromatic rings. The molecule has 0 aliphatic carbocycles. The third-order valence-corrected chi connectivity index (χ3v) is 3.82. The van der Waals surface area contributed by atoms with Crippen LogP contribution in [-0.4, -0.2) is 18.0 Å². The third kappa shape index (κ3) is 5.96. The molecule has 0 aliphatic heterocycles. The molecule has 27 heavy (non-hydrogen) atoms. The molecule has 0 aromatic heterocycles. The summed E-state index contributed by atoms with van der Waals surface area (Å²) < 4.78 is 56.0. The highest BCUT2D eigenvalue weighted by molar-refractivity contribution is 6.33. The largest absolute Gasteiger partial charge is 0.452 e. The van der Waals surface area contributed by atoms with E-state index in [0.717, 1.165) is 12.1 Å². The van der Waals surface area contributed by atoms with Crippen molar-refractivity contribution in [3.05, 3.63) is 64.4 Å². The van der Waals surface area contributed by atoms with Crippen molar-refractivity contribution in [2.75, 3.05) is 5.32 Å². The summed E-state index contributed by atoms with van der Waals surface area (Å²) >= 11 is 5.80. The maximum Gasteiger partial charge on any atom is 0.416 e. The normalized spacial score (nSPS) is 12.4. The molecule has 0 aliphatic rings. The van der Waals surface area contributed by atoms with Crippen LogP contribution in [0.4, 0.5) is 23.2 Å². The number of rotatable bonds is 5. The molecular weight excluding hydrogens is 390 g/mol. The van der Waals surface area contributed by atoms with E-state index in [4.69, 9.17) is 16.3 Å². The van der Waals surface area contributed by atoms with Crippen LogP contribution >= 0.6 is 11.6 Å². The van der Waals surface area contributed by atoms with E-state index in [1.54, 1.807) is 0 Å². The number of anilines is 1. The SMILES string of the molecule is C[C@@H](OC(=O)Cc1ccc(F)cc1)C(=O)Nc1cc(C(F)(F)F)ccc1Cl. The Morgan fingerprint density at radius 2 is 1.78 bits per heavy atom. The lowest BCUT2D eigenvalue weighted by Crippen LogP contribution is -2.30. The van der Waals surface area contributed by atoms with Crippen molar-refractivity contribution in [2.45, 2.75) is 25.6 Å². The van der Waals surface area contributed by atoms with Gasteiger partial charge in [0.25, 0.3) is 5.91 Å². The minimum absolute atomic E-state index is 0.0961. The van der Waals surface area contributed by atoms with E-state index in [0.29, 0.717) is 11.6 Å². The first-order valence-electron chi connectivity index (χ1n) is 7.68. The van der Waals surface area contributed by atoms with Crippen molar-refractivity contribution in [3.8, 4) is 0 Å².